The van der Waals surface area contributed by atoms with Crippen LogP contribution < -0.4 is 5.32 Å². The van der Waals surface area contributed by atoms with Crippen LogP contribution in [-0.2, 0) is 9.63 Å². The minimum Gasteiger partial charge on any atom is -0.396 e. The second-order valence-corrected chi connectivity index (χ2v) is 7.68. The van der Waals surface area contributed by atoms with Gasteiger partial charge in [-0.3, -0.25) is 4.79 Å². The normalized spacial score (nSPS) is 16.7. The summed E-state index contributed by atoms with van der Waals surface area (Å²) < 4.78 is 0. The van der Waals surface area contributed by atoms with E-state index in [9.17, 15) is 9.90 Å². The standard InChI is InChI=1S/C22H26N2O3/c1-22(2,15-25)14-23-21(26)19-13-18(24-27-19)20(16-9-5-3-6-10-16)17-11-7-4-8-12-17/h3-12,19-20,25H,13-15H2,1-2H3,(H,23,26). The van der Waals surface area contributed by atoms with Crippen molar-refractivity contribution >= 4 is 11.6 Å². The molecule has 0 aliphatic carbocycles. The molecular weight excluding hydrogens is 340 g/mol. The quantitative estimate of drug-likeness (QED) is 0.791. The number of hydrogen-bond donors (Lipinski definition) is 2. The SMILES string of the molecule is CC(C)(CO)CNC(=O)C1CC(C(c2ccccc2)c2ccccc2)=NO1. The van der Waals surface area contributed by atoms with Crippen molar-refractivity contribution in [2.24, 2.45) is 10.6 Å². The van der Waals surface area contributed by atoms with E-state index in [4.69, 9.17) is 4.84 Å². The van der Waals surface area contributed by atoms with Crippen molar-refractivity contribution in [2.45, 2.75) is 32.3 Å². The lowest BCUT2D eigenvalue weighted by atomic mass is 9.85. The molecule has 0 spiro atoms. The maximum Gasteiger partial charge on any atom is 0.264 e. The Hall–Kier alpha value is -2.66. The Morgan fingerprint density at radius 3 is 2.22 bits per heavy atom. The maximum atomic E-state index is 12.5. The molecule has 27 heavy (non-hydrogen) atoms. The molecule has 2 N–H and O–H groups in total. The number of aliphatic hydroxyl groups is 1. The average Bonchev–Trinajstić information content (AvgIpc) is 3.18. The van der Waals surface area contributed by atoms with Gasteiger partial charge in [0.1, 0.15) is 0 Å². The third-order valence-electron chi connectivity index (χ3n) is 4.75. The molecule has 1 unspecified atom stereocenters. The molecule has 3 rings (SSSR count). The summed E-state index contributed by atoms with van der Waals surface area (Å²) in [5.41, 5.74) is 2.71. The summed E-state index contributed by atoms with van der Waals surface area (Å²) in [5.74, 6) is -0.241. The van der Waals surface area contributed by atoms with Crippen LogP contribution in [0, 0.1) is 5.41 Å². The summed E-state index contributed by atoms with van der Waals surface area (Å²) in [6.07, 6.45) is -0.191. The predicted octanol–water partition coefficient (Wildman–Crippen LogP) is 3.10. The van der Waals surface area contributed by atoms with Gasteiger partial charge in [0.15, 0.2) is 0 Å². The number of carbonyl (C=O) groups is 1. The number of carbonyl (C=O) groups excluding carboxylic acids is 1. The van der Waals surface area contributed by atoms with Crippen LogP contribution >= 0.6 is 0 Å². The zero-order chi connectivity index (χ0) is 19.3. The van der Waals surface area contributed by atoms with E-state index < -0.39 is 6.10 Å². The van der Waals surface area contributed by atoms with Crippen molar-refractivity contribution in [2.75, 3.05) is 13.2 Å². The molecule has 0 saturated heterocycles. The van der Waals surface area contributed by atoms with Gasteiger partial charge in [0.05, 0.1) is 11.6 Å². The molecule has 0 fully saturated rings. The summed E-state index contributed by atoms with van der Waals surface area (Å²) in [6.45, 7) is 4.18. The monoisotopic (exact) mass is 366 g/mol. The molecular formula is C22H26N2O3. The number of amides is 1. The molecule has 1 aliphatic heterocycles. The highest BCUT2D eigenvalue weighted by atomic mass is 16.6. The lowest BCUT2D eigenvalue weighted by Crippen LogP contribution is -2.41. The van der Waals surface area contributed by atoms with Crippen molar-refractivity contribution in [1.29, 1.82) is 0 Å². The van der Waals surface area contributed by atoms with Crippen LogP contribution in [-0.4, -0.2) is 36.0 Å². The zero-order valence-electron chi connectivity index (χ0n) is 15.8. The second-order valence-electron chi connectivity index (χ2n) is 7.68. The fourth-order valence-corrected chi connectivity index (χ4v) is 3.07. The van der Waals surface area contributed by atoms with Crippen LogP contribution in [0.5, 0.6) is 0 Å². The van der Waals surface area contributed by atoms with E-state index in [0.29, 0.717) is 13.0 Å². The Morgan fingerprint density at radius 2 is 1.70 bits per heavy atom. The molecule has 0 radical (unpaired) electrons. The Balaban J connectivity index is 1.73. The van der Waals surface area contributed by atoms with E-state index in [2.05, 4.69) is 34.7 Å². The topological polar surface area (TPSA) is 70.9 Å². The van der Waals surface area contributed by atoms with Crippen molar-refractivity contribution in [3.8, 4) is 0 Å². The third-order valence-corrected chi connectivity index (χ3v) is 4.75. The molecule has 1 atom stereocenters. The Bertz CT molecular complexity index is 748. The van der Waals surface area contributed by atoms with Gasteiger partial charge in [-0.15, -0.1) is 0 Å². The van der Waals surface area contributed by atoms with E-state index in [0.717, 1.165) is 16.8 Å². The summed E-state index contributed by atoms with van der Waals surface area (Å²) in [5, 5.41) is 16.5. The number of aliphatic hydroxyl groups excluding tert-OH is 1. The third kappa shape index (κ3) is 4.74. The largest absolute Gasteiger partial charge is 0.396 e. The highest BCUT2D eigenvalue weighted by Crippen LogP contribution is 2.31. The number of benzene rings is 2. The van der Waals surface area contributed by atoms with Crippen LogP contribution in [0.4, 0.5) is 0 Å². The molecule has 0 bridgehead atoms. The van der Waals surface area contributed by atoms with Crippen LogP contribution in [0.15, 0.2) is 65.8 Å². The van der Waals surface area contributed by atoms with Crippen molar-refractivity contribution in [1.82, 2.24) is 5.32 Å². The summed E-state index contributed by atoms with van der Waals surface area (Å²) in [4.78, 5) is 17.9. The first-order valence-electron chi connectivity index (χ1n) is 9.21. The number of nitrogens with zero attached hydrogens (tertiary/aromatic N) is 1. The van der Waals surface area contributed by atoms with E-state index in [1.54, 1.807) is 0 Å². The number of oxime groups is 1. The first kappa shape index (κ1) is 19.1. The van der Waals surface area contributed by atoms with E-state index >= 15 is 0 Å². The molecule has 2 aromatic rings. The zero-order valence-corrected chi connectivity index (χ0v) is 15.8. The number of hydrogen-bond acceptors (Lipinski definition) is 4. The van der Waals surface area contributed by atoms with Crippen LogP contribution in [0.25, 0.3) is 0 Å². The first-order valence-corrected chi connectivity index (χ1v) is 9.21. The van der Waals surface area contributed by atoms with Crippen LogP contribution in [0.1, 0.15) is 37.3 Å². The molecule has 1 heterocycles. The molecule has 0 aromatic heterocycles. The second kappa shape index (κ2) is 8.35. The molecule has 1 aliphatic rings. The van der Waals surface area contributed by atoms with E-state index in [1.807, 2.05) is 50.2 Å². The van der Waals surface area contributed by atoms with Gasteiger partial charge >= 0.3 is 0 Å². The van der Waals surface area contributed by atoms with Gasteiger partial charge in [-0.05, 0) is 11.1 Å². The summed E-state index contributed by atoms with van der Waals surface area (Å²) in [6, 6.07) is 20.2. The van der Waals surface area contributed by atoms with E-state index in [1.165, 1.54) is 0 Å². The van der Waals surface area contributed by atoms with Gasteiger partial charge in [0.25, 0.3) is 5.91 Å². The average molecular weight is 366 g/mol. The molecule has 5 nitrogen and oxygen atoms in total. The van der Waals surface area contributed by atoms with Crippen molar-refractivity contribution in [3.05, 3.63) is 71.8 Å². The lowest BCUT2D eigenvalue weighted by Gasteiger charge is -2.22. The number of nitrogens with one attached hydrogen (secondary N) is 1. The maximum absolute atomic E-state index is 12.5. The highest BCUT2D eigenvalue weighted by Gasteiger charge is 2.34. The Kier molecular flexibility index (Phi) is 5.91. The highest BCUT2D eigenvalue weighted by molar-refractivity contribution is 5.98. The smallest absolute Gasteiger partial charge is 0.264 e. The Labute approximate surface area is 160 Å². The van der Waals surface area contributed by atoms with Crippen molar-refractivity contribution < 1.29 is 14.7 Å². The summed E-state index contributed by atoms with van der Waals surface area (Å²) in [7, 11) is 0. The van der Waals surface area contributed by atoms with Gasteiger partial charge in [0.2, 0.25) is 6.10 Å². The predicted molar refractivity (Wildman–Crippen MR) is 106 cm³/mol. The van der Waals surface area contributed by atoms with Gasteiger partial charge in [-0.2, -0.15) is 0 Å². The molecule has 0 saturated carbocycles. The van der Waals surface area contributed by atoms with Gasteiger partial charge in [-0.1, -0.05) is 79.7 Å². The number of rotatable bonds is 7. The molecule has 5 heteroatoms. The van der Waals surface area contributed by atoms with Gasteiger partial charge in [0, 0.05) is 25.0 Å². The minimum atomic E-state index is -0.635. The van der Waals surface area contributed by atoms with Crippen LogP contribution in [0.2, 0.25) is 0 Å². The molecule has 1 amide bonds. The summed E-state index contributed by atoms with van der Waals surface area (Å²) >= 11 is 0. The molecule has 142 valence electrons. The lowest BCUT2D eigenvalue weighted by molar-refractivity contribution is -0.131. The fourth-order valence-electron chi connectivity index (χ4n) is 3.07. The fraction of sp³-hybridized carbons (Fsp3) is 0.364. The minimum absolute atomic E-state index is 0.00461. The van der Waals surface area contributed by atoms with Gasteiger partial charge in [-0.25, -0.2) is 0 Å². The Morgan fingerprint density at radius 1 is 1.15 bits per heavy atom. The van der Waals surface area contributed by atoms with Gasteiger partial charge < -0.3 is 15.3 Å². The van der Waals surface area contributed by atoms with E-state index in [-0.39, 0.29) is 23.8 Å². The van der Waals surface area contributed by atoms with Crippen molar-refractivity contribution in [3.63, 3.8) is 0 Å². The first-order chi connectivity index (χ1) is 13.0. The van der Waals surface area contributed by atoms with Crippen LogP contribution in [0.3, 0.4) is 0 Å². The molecule has 2 aromatic carbocycles.